The van der Waals surface area contributed by atoms with Crippen LogP contribution in [0.4, 0.5) is 0 Å². The maximum atomic E-state index is 5.60. The molecule has 1 atom stereocenters. The molecule has 0 aliphatic heterocycles. The second kappa shape index (κ2) is 3.24. The Morgan fingerprint density at radius 1 is 1.31 bits per heavy atom. The summed E-state index contributed by atoms with van der Waals surface area (Å²) < 4.78 is 5.60. The standard InChI is InChI=1S/C15H16O/c1-9-5-4-6-12-7-13-15(10(2)8-16-13)11(3)14(9)12/h4,6-9H,5H2,1-3H3/t9-/m0/s1. The van der Waals surface area contributed by atoms with Crippen molar-refractivity contribution in [1.82, 2.24) is 0 Å². The number of rotatable bonds is 0. The molecular weight excluding hydrogens is 196 g/mol. The Labute approximate surface area is 95.8 Å². The van der Waals surface area contributed by atoms with Gasteiger partial charge in [-0.05, 0) is 54.5 Å². The van der Waals surface area contributed by atoms with E-state index in [2.05, 4.69) is 39.0 Å². The van der Waals surface area contributed by atoms with E-state index in [0.29, 0.717) is 5.92 Å². The number of fused-ring (bicyclic) bond motifs is 2. The van der Waals surface area contributed by atoms with E-state index in [0.717, 1.165) is 12.0 Å². The third-order valence-electron chi connectivity index (χ3n) is 3.66. The highest BCUT2D eigenvalue weighted by atomic mass is 16.3. The first-order chi connectivity index (χ1) is 7.68. The third kappa shape index (κ3) is 1.18. The van der Waals surface area contributed by atoms with Crippen LogP contribution in [-0.4, -0.2) is 0 Å². The van der Waals surface area contributed by atoms with Crippen molar-refractivity contribution >= 4 is 17.0 Å². The Hall–Kier alpha value is -1.50. The molecule has 1 nitrogen and oxygen atoms in total. The summed E-state index contributed by atoms with van der Waals surface area (Å²) in [4.78, 5) is 0. The molecule has 1 heterocycles. The van der Waals surface area contributed by atoms with Gasteiger partial charge in [-0.2, -0.15) is 0 Å². The van der Waals surface area contributed by atoms with Gasteiger partial charge in [0.15, 0.2) is 0 Å². The molecule has 0 saturated heterocycles. The molecule has 2 aromatic rings. The van der Waals surface area contributed by atoms with Crippen molar-refractivity contribution in [3.63, 3.8) is 0 Å². The highest BCUT2D eigenvalue weighted by molar-refractivity contribution is 5.88. The summed E-state index contributed by atoms with van der Waals surface area (Å²) in [5.41, 5.74) is 6.50. The molecule has 0 amide bonds. The molecule has 0 saturated carbocycles. The van der Waals surface area contributed by atoms with E-state index in [-0.39, 0.29) is 0 Å². The van der Waals surface area contributed by atoms with E-state index < -0.39 is 0 Å². The van der Waals surface area contributed by atoms with Crippen molar-refractivity contribution in [2.45, 2.75) is 33.1 Å². The molecule has 0 bridgehead atoms. The summed E-state index contributed by atoms with van der Waals surface area (Å²) in [6, 6.07) is 2.18. The molecule has 0 N–H and O–H groups in total. The number of furan rings is 1. The lowest BCUT2D eigenvalue weighted by Crippen LogP contribution is -2.03. The average molecular weight is 212 g/mol. The van der Waals surface area contributed by atoms with Crippen LogP contribution in [0.2, 0.25) is 0 Å². The van der Waals surface area contributed by atoms with Crippen LogP contribution in [0.3, 0.4) is 0 Å². The first-order valence-corrected chi connectivity index (χ1v) is 5.86. The second-order valence-electron chi connectivity index (χ2n) is 4.84. The first-order valence-electron chi connectivity index (χ1n) is 5.86. The van der Waals surface area contributed by atoms with E-state index in [1.165, 1.54) is 27.6 Å². The molecule has 1 aliphatic carbocycles. The van der Waals surface area contributed by atoms with Crippen LogP contribution in [0.15, 0.2) is 22.8 Å². The van der Waals surface area contributed by atoms with Crippen LogP contribution < -0.4 is 0 Å². The Balaban J connectivity index is 2.44. The van der Waals surface area contributed by atoms with Crippen molar-refractivity contribution in [1.29, 1.82) is 0 Å². The highest BCUT2D eigenvalue weighted by Crippen LogP contribution is 2.37. The molecule has 1 aromatic carbocycles. The Kier molecular flexibility index (Phi) is 1.97. The molecule has 1 heteroatoms. The predicted molar refractivity (Wildman–Crippen MR) is 67.8 cm³/mol. The Morgan fingerprint density at radius 3 is 2.94 bits per heavy atom. The van der Waals surface area contributed by atoms with Crippen molar-refractivity contribution in [3.05, 3.63) is 40.7 Å². The van der Waals surface area contributed by atoms with Gasteiger partial charge in [0.25, 0.3) is 0 Å². The molecule has 1 aromatic heterocycles. The van der Waals surface area contributed by atoms with Crippen molar-refractivity contribution in [2.75, 3.05) is 0 Å². The van der Waals surface area contributed by atoms with E-state index in [1.807, 2.05) is 6.26 Å². The molecule has 0 fully saturated rings. The van der Waals surface area contributed by atoms with E-state index in [9.17, 15) is 0 Å². The van der Waals surface area contributed by atoms with Gasteiger partial charge in [-0.25, -0.2) is 0 Å². The lowest BCUT2D eigenvalue weighted by molar-refractivity contribution is 0.612. The average Bonchev–Trinajstić information content (AvgIpc) is 2.60. The molecule has 82 valence electrons. The van der Waals surface area contributed by atoms with Gasteiger partial charge in [-0.3, -0.25) is 0 Å². The van der Waals surface area contributed by atoms with Gasteiger partial charge in [0.05, 0.1) is 6.26 Å². The summed E-state index contributed by atoms with van der Waals surface area (Å²) in [6.07, 6.45) is 7.49. The van der Waals surface area contributed by atoms with Crippen LogP contribution in [0.25, 0.3) is 17.0 Å². The highest BCUT2D eigenvalue weighted by Gasteiger charge is 2.19. The number of aryl methyl sites for hydroxylation is 2. The lowest BCUT2D eigenvalue weighted by Gasteiger charge is -2.20. The van der Waals surface area contributed by atoms with Crippen molar-refractivity contribution in [3.8, 4) is 0 Å². The van der Waals surface area contributed by atoms with Crippen molar-refractivity contribution in [2.24, 2.45) is 0 Å². The summed E-state index contributed by atoms with van der Waals surface area (Å²) >= 11 is 0. The maximum absolute atomic E-state index is 5.60. The quantitative estimate of drug-likeness (QED) is 0.623. The van der Waals surface area contributed by atoms with Crippen molar-refractivity contribution < 1.29 is 4.42 Å². The normalized spacial score (nSPS) is 19.1. The van der Waals surface area contributed by atoms with Gasteiger partial charge in [0, 0.05) is 5.39 Å². The number of hydrogen-bond donors (Lipinski definition) is 0. The third-order valence-corrected chi connectivity index (χ3v) is 3.66. The molecule has 0 spiro atoms. The van der Waals surface area contributed by atoms with Crippen LogP contribution in [-0.2, 0) is 0 Å². The minimum absolute atomic E-state index is 0.624. The molecule has 0 unspecified atom stereocenters. The zero-order valence-corrected chi connectivity index (χ0v) is 10.0. The fraction of sp³-hybridized carbons (Fsp3) is 0.333. The summed E-state index contributed by atoms with van der Waals surface area (Å²) in [6.45, 7) is 6.64. The lowest BCUT2D eigenvalue weighted by atomic mass is 9.84. The predicted octanol–water partition coefficient (Wildman–Crippen LogP) is 4.57. The van der Waals surface area contributed by atoms with Gasteiger partial charge in [-0.15, -0.1) is 0 Å². The molecule has 3 rings (SSSR count). The second-order valence-corrected chi connectivity index (χ2v) is 4.84. The summed E-state index contributed by atoms with van der Waals surface area (Å²) in [5.74, 6) is 0.624. The molecule has 0 radical (unpaired) electrons. The summed E-state index contributed by atoms with van der Waals surface area (Å²) in [5, 5.41) is 1.31. The van der Waals surface area contributed by atoms with Gasteiger partial charge >= 0.3 is 0 Å². The maximum Gasteiger partial charge on any atom is 0.135 e. The van der Waals surface area contributed by atoms with Crippen LogP contribution in [0, 0.1) is 13.8 Å². The van der Waals surface area contributed by atoms with Gasteiger partial charge in [0.2, 0.25) is 0 Å². The van der Waals surface area contributed by atoms with E-state index in [1.54, 1.807) is 0 Å². The smallest absolute Gasteiger partial charge is 0.135 e. The number of hydrogen-bond acceptors (Lipinski definition) is 1. The largest absolute Gasteiger partial charge is 0.464 e. The SMILES string of the molecule is Cc1coc2cc3c(c(C)c12)[C@@H](C)CC=C3. The topological polar surface area (TPSA) is 13.1 Å². The Bertz CT molecular complexity index is 587. The minimum Gasteiger partial charge on any atom is -0.464 e. The molecular formula is C15H16O. The zero-order valence-electron chi connectivity index (χ0n) is 10.0. The first kappa shape index (κ1) is 9.71. The summed E-state index contributed by atoms with van der Waals surface area (Å²) in [7, 11) is 0. The monoisotopic (exact) mass is 212 g/mol. The number of allylic oxidation sites excluding steroid dienone is 1. The molecule has 1 aliphatic rings. The number of benzene rings is 1. The van der Waals surface area contributed by atoms with Crippen LogP contribution in [0.5, 0.6) is 0 Å². The Morgan fingerprint density at radius 2 is 2.12 bits per heavy atom. The minimum atomic E-state index is 0.624. The van der Waals surface area contributed by atoms with Gasteiger partial charge < -0.3 is 4.42 Å². The van der Waals surface area contributed by atoms with E-state index >= 15 is 0 Å². The zero-order chi connectivity index (χ0) is 11.3. The van der Waals surface area contributed by atoms with E-state index in [4.69, 9.17) is 4.42 Å². The fourth-order valence-corrected chi connectivity index (χ4v) is 2.93. The van der Waals surface area contributed by atoms with Gasteiger partial charge in [0.1, 0.15) is 5.58 Å². The van der Waals surface area contributed by atoms with Crippen LogP contribution >= 0.6 is 0 Å². The molecule has 16 heavy (non-hydrogen) atoms. The van der Waals surface area contributed by atoms with Gasteiger partial charge in [-0.1, -0.05) is 19.1 Å². The fourth-order valence-electron chi connectivity index (χ4n) is 2.93. The van der Waals surface area contributed by atoms with Crippen LogP contribution in [0.1, 0.15) is 41.5 Å².